The van der Waals surface area contributed by atoms with Crippen LogP contribution in [0.4, 0.5) is 0 Å². The summed E-state index contributed by atoms with van der Waals surface area (Å²) in [4.78, 5) is 17.0. The van der Waals surface area contributed by atoms with Gasteiger partial charge in [-0.1, -0.05) is 28.9 Å². The Labute approximate surface area is 123 Å². The van der Waals surface area contributed by atoms with Gasteiger partial charge < -0.3 is 4.90 Å². The Morgan fingerprint density at radius 2 is 2.16 bits per heavy atom. The van der Waals surface area contributed by atoms with E-state index >= 15 is 0 Å². The highest BCUT2D eigenvalue weighted by Gasteiger charge is 2.27. The summed E-state index contributed by atoms with van der Waals surface area (Å²) in [7, 11) is 0. The molecule has 1 amide bonds. The first-order valence-corrected chi connectivity index (χ1v) is 7.62. The van der Waals surface area contributed by atoms with Crippen molar-refractivity contribution in [3.8, 4) is 0 Å². The van der Waals surface area contributed by atoms with E-state index in [1.54, 1.807) is 0 Å². The fourth-order valence-electron chi connectivity index (χ4n) is 2.66. The van der Waals surface area contributed by atoms with E-state index in [0.29, 0.717) is 6.04 Å². The first kappa shape index (κ1) is 14.5. The van der Waals surface area contributed by atoms with Crippen LogP contribution in [0.2, 0.25) is 0 Å². The van der Waals surface area contributed by atoms with Gasteiger partial charge in [0.25, 0.3) is 5.91 Å². The molecule has 1 aromatic rings. The largest absolute Gasteiger partial charge is 0.336 e. The molecule has 0 N–H and O–H groups in total. The summed E-state index contributed by atoms with van der Waals surface area (Å²) in [5.41, 5.74) is 1.84. The van der Waals surface area contributed by atoms with Gasteiger partial charge in [0.1, 0.15) is 0 Å². The zero-order chi connectivity index (χ0) is 14.0. The van der Waals surface area contributed by atoms with E-state index < -0.39 is 0 Å². The Kier molecular flexibility index (Phi) is 4.63. The minimum absolute atomic E-state index is 0.154. The van der Waals surface area contributed by atoms with Crippen LogP contribution in [-0.2, 0) is 0 Å². The van der Waals surface area contributed by atoms with Gasteiger partial charge in [-0.15, -0.1) is 0 Å². The molecule has 1 unspecified atom stereocenters. The third-order valence-corrected chi connectivity index (χ3v) is 4.82. The van der Waals surface area contributed by atoms with Crippen molar-refractivity contribution in [1.29, 1.82) is 0 Å². The molecule has 0 bridgehead atoms. The molecule has 0 spiro atoms. The van der Waals surface area contributed by atoms with Crippen LogP contribution in [0.15, 0.2) is 22.7 Å². The average molecular weight is 325 g/mol. The van der Waals surface area contributed by atoms with Gasteiger partial charge in [-0.25, -0.2) is 0 Å². The molecule has 3 nitrogen and oxygen atoms in total. The van der Waals surface area contributed by atoms with Crippen LogP contribution in [0, 0.1) is 6.92 Å². The van der Waals surface area contributed by atoms with E-state index in [0.717, 1.165) is 41.8 Å². The van der Waals surface area contributed by atoms with Crippen molar-refractivity contribution in [3.05, 3.63) is 33.8 Å². The Morgan fingerprint density at radius 3 is 2.79 bits per heavy atom. The maximum absolute atomic E-state index is 12.6. The fourth-order valence-corrected chi connectivity index (χ4v) is 3.03. The van der Waals surface area contributed by atoms with Gasteiger partial charge in [0, 0.05) is 35.7 Å². The summed E-state index contributed by atoms with van der Waals surface area (Å²) in [6.07, 6.45) is 0. The molecular weight excluding hydrogens is 304 g/mol. The van der Waals surface area contributed by atoms with Gasteiger partial charge in [0.05, 0.1) is 0 Å². The molecule has 1 aliphatic heterocycles. The van der Waals surface area contributed by atoms with Crippen molar-refractivity contribution >= 4 is 21.8 Å². The molecule has 1 saturated heterocycles. The van der Waals surface area contributed by atoms with E-state index in [2.05, 4.69) is 34.7 Å². The Bertz CT molecular complexity index is 475. The third kappa shape index (κ3) is 3.00. The molecule has 19 heavy (non-hydrogen) atoms. The standard InChI is InChI=1S/C15H21BrN2O/c1-4-17-8-9-18(10-11(17)2)15(19)13-6-5-7-14(16)12(13)3/h5-7,11H,4,8-10H2,1-3H3. The van der Waals surface area contributed by atoms with Gasteiger partial charge >= 0.3 is 0 Å². The first-order valence-electron chi connectivity index (χ1n) is 6.83. The molecule has 0 saturated carbocycles. The maximum atomic E-state index is 12.6. The number of halogens is 1. The summed E-state index contributed by atoms with van der Waals surface area (Å²) in [5, 5.41) is 0. The number of amides is 1. The topological polar surface area (TPSA) is 23.6 Å². The highest BCUT2D eigenvalue weighted by Crippen LogP contribution is 2.22. The number of carbonyl (C=O) groups excluding carboxylic acids is 1. The van der Waals surface area contributed by atoms with Crippen molar-refractivity contribution in [2.24, 2.45) is 0 Å². The van der Waals surface area contributed by atoms with E-state index in [4.69, 9.17) is 0 Å². The van der Waals surface area contributed by atoms with Crippen molar-refractivity contribution < 1.29 is 4.79 Å². The molecule has 2 rings (SSSR count). The highest BCUT2D eigenvalue weighted by atomic mass is 79.9. The van der Waals surface area contributed by atoms with Crippen LogP contribution < -0.4 is 0 Å². The van der Waals surface area contributed by atoms with Gasteiger partial charge in [-0.05, 0) is 38.1 Å². The van der Waals surface area contributed by atoms with Gasteiger partial charge in [-0.3, -0.25) is 9.69 Å². The van der Waals surface area contributed by atoms with Gasteiger partial charge in [0.2, 0.25) is 0 Å². The van der Waals surface area contributed by atoms with Gasteiger partial charge in [0.15, 0.2) is 0 Å². The molecule has 104 valence electrons. The second-order valence-electron chi connectivity index (χ2n) is 5.14. The number of hydrogen-bond donors (Lipinski definition) is 0. The fraction of sp³-hybridized carbons (Fsp3) is 0.533. The van der Waals surface area contributed by atoms with Crippen molar-refractivity contribution in [2.45, 2.75) is 26.8 Å². The number of hydrogen-bond acceptors (Lipinski definition) is 2. The molecule has 4 heteroatoms. The molecule has 1 aliphatic rings. The summed E-state index contributed by atoms with van der Waals surface area (Å²) in [6.45, 7) is 10.0. The maximum Gasteiger partial charge on any atom is 0.254 e. The van der Waals surface area contributed by atoms with Crippen molar-refractivity contribution in [2.75, 3.05) is 26.2 Å². The predicted octanol–water partition coefficient (Wildman–Crippen LogP) is 2.92. The SMILES string of the molecule is CCN1CCN(C(=O)c2cccc(Br)c2C)CC1C. The van der Waals surface area contributed by atoms with Crippen LogP contribution in [0.3, 0.4) is 0 Å². The van der Waals surface area contributed by atoms with E-state index in [1.807, 2.05) is 30.0 Å². The zero-order valence-electron chi connectivity index (χ0n) is 11.8. The number of nitrogens with zero attached hydrogens (tertiary/aromatic N) is 2. The number of piperazine rings is 1. The summed E-state index contributed by atoms with van der Waals surface area (Å²) >= 11 is 3.49. The number of rotatable bonds is 2. The second-order valence-corrected chi connectivity index (χ2v) is 6.00. The summed E-state index contributed by atoms with van der Waals surface area (Å²) in [6, 6.07) is 6.26. The normalized spacial score (nSPS) is 20.6. The molecule has 0 aromatic heterocycles. The number of carbonyl (C=O) groups is 1. The molecule has 0 aliphatic carbocycles. The monoisotopic (exact) mass is 324 g/mol. The zero-order valence-corrected chi connectivity index (χ0v) is 13.4. The lowest BCUT2D eigenvalue weighted by Crippen LogP contribution is -2.53. The van der Waals surface area contributed by atoms with Gasteiger partial charge in [-0.2, -0.15) is 0 Å². The van der Waals surface area contributed by atoms with E-state index in [-0.39, 0.29) is 5.91 Å². The molecule has 1 atom stereocenters. The van der Waals surface area contributed by atoms with Crippen LogP contribution >= 0.6 is 15.9 Å². The molecule has 0 radical (unpaired) electrons. The average Bonchev–Trinajstić information content (AvgIpc) is 2.41. The lowest BCUT2D eigenvalue weighted by molar-refractivity contribution is 0.0527. The minimum atomic E-state index is 0.154. The highest BCUT2D eigenvalue weighted by molar-refractivity contribution is 9.10. The van der Waals surface area contributed by atoms with E-state index in [1.165, 1.54) is 0 Å². The van der Waals surface area contributed by atoms with E-state index in [9.17, 15) is 4.79 Å². The Hall–Kier alpha value is -0.870. The number of benzene rings is 1. The molecule has 1 aromatic carbocycles. The summed E-state index contributed by atoms with van der Waals surface area (Å²) in [5.74, 6) is 0.154. The lowest BCUT2D eigenvalue weighted by Gasteiger charge is -2.39. The molecule has 1 fully saturated rings. The Morgan fingerprint density at radius 1 is 1.42 bits per heavy atom. The van der Waals surface area contributed by atoms with Crippen LogP contribution in [0.5, 0.6) is 0 Å². The Balaban J connectivity index is 2.15. The number of likely N-dealkylation sites (N-methyl/N-ethyl adjacent to an activating group) is 1. The minimum Gasteiger partial charge on any atom is -0.336 e. The quantitative estimate of drug-likeness (QED) is 0.835. The van der Waals surface area contributed by atoms with Crippen LogP contribution in [0.25, 0.3) is 0 Å². The second kappa shape index (κ2) is 6.06. The van der Waals surface area contributed by atoms with Crippen LogP contribution in [-0.4, -0.2) is 47.9 Å². The molecular formula is C15H21BrN2O. The third-order valence-electron chi connectivity index (χ3n) is 3.96. The predicted molar refractivity (Wildman–Crippen MR) is 81.5 cm³/mol. The smallest absolute Gasteiger partial charge is 0.254 e. The lowest BCUT2D eigenvalue weighted by atomic mass is 10.1. The van der Waals surface area contributed by atoms with Crippen molar-refractivity contribution in [1.82, 2.24) is 9.80 Å². The first-order chi connectivity index (χ1) is 9.04. The van der Waals surface area contributed by atoms with Crippen LogP contribution in [0.1, 0.15) is 29.8 Å². The van der Waals surface area contributed by atoms with Crippen molar-refractivity contribution in [3.63, 3.8) is 0 Å². The molecule has 1 heterocycles. The summed E-state index contributed by atoms with van der Waals surface area (Å²) < 4.78 is 0.999.